The maximum atomic E-state index is 14.8. The van der Waals surface area contributed by atoms with Gasteiger partial charge >= 0.3 is 6.09 Å². The van der Waals surface area contributed by atoms with Gasteiger partial charge < -0.3 is 10.1 Å². The maximum absolute atomic E-state index is 14.8. The Hall–Kier alpha value is -4.34. The number of amides is 2. The molecule has 3 aromatic rings. The van der Waals surface area contributed by atoms with Gasteiger partial charge in [0.15, 0.2) is 5.82 Å². The largest absolute Gasteiger partial charge is 0.442 e. The third-order valence-corrected chi connectivity index (χ3v) is 4.46. The SMILES string of the molecule is N#CCC(=O)NC[C@H]1CN(c2ccc(-n3cc(Cn4cncn4)nn3)c(F)c2)C(=O)O1. The monoisotopic (exact) mass is 425 g/mol. The van der Waals surface area contributed by atoms with Crippen LogP contribution in [-0.2, 0) is 16.1 Å². The van der Waals surface area contributed by atoms with E-state index in [0.717, 1.165) is 0 Å². The molecule has 158 valence electrons. The number of aromatic nitrogens is 6. The number of carbonyl (C=O) groups excluding carboxylic acids is 2. The number of hydrogen-bond acceptors (Lipinski definition) is 8. The molecular weight excluding hydrogens is 409 g/mol. The highest BCUT2D eigenvalue weighted by Crippen LogP contribution is 2.25. The van der Waals surface area contributed by atoms with E-state index < -0.39 is 23.9 Å². The lowest BCUT2D eigenvalue weighted by Gasteiger charge is -2.14. The van der Waals surface area contributed by atoms with Gasteiger partial charge in [0.25, 0.3) is 0 Å². The minimum atomic E-state index is -0.650. The average molecular weight is 425 g/mol. The Morgan fingerprint density at radius 1 is 1.42 bits per heavy atom. The van der Waals surface area contributed by atoms with Crippen molar-refractivity contribution < 1.29 is 18.7 Å². The first-order chi connectivity index (χ1) is 15.0. The lowest BCUT2D eigenvalue weighted by molar-refractivity contribution is -0.120. The van der Waals surface area contributed by atoms with Crippen LogP contribution >= 0.6 is 0 Å². The maximum Gasteiger partial charge on any atom is 0.414 e. The van der Waals surface area contributed by atoms with Crippen LogP contribution in [0.4, 0.5) is 14.9 Å². The van der Waals surface area contributed by atoms with Crippen LogP contribution in [0.1, 0.15) is 12.1 Å². The van der Waals surface area contributed by atoms with E-state index in [0.29, 0.717) is 17.9 Å². The summed E-state index contributed by atoms with van der Waals surface area (Å²) >= 11 is 0. The third-order valence-electron chi connectivity index (χ3n) is 4.46. The zero-order chi connectivity index (χ0) is 21.8. The van der Waals surface area contributed by atoms with Crippen molar-refractivity contribution in [2.45, 2.75) is 19.1 Å². The number of rotatable bonds is 7. The number of cyclic esters (lactones) is 1. The van der Waals surface area contributed by atoms with Crippen molar-refractivity contribution in [1.29, 1.82) is 5.26 Å². The molecule has 0 unspecified atom stereocenters. The van der Waals surface area contributed by atoms with Gasteiger partial charge in [0.05, 0.1) is 37.6 Å². The molecule has 2 aromatic heterocycles. The summed E-state index contributed by atoms with van der Waals surface area (Å²) in [6.07, 6.45) is 2.97. The number of anilines is 1. The Balaban J connectivity index is 1.43. The molecule has 1 atom stereocenters. The number of halogens is 1. The Labute approximate surface area is 174 Å². The standard InChI is InChI=1S/C18H16FN9O3/c19-15-5-13(27-9-14(31-18(27)30)6-22-17(29)3-4-20)1-2-16(15)28-8-12(24-25-28)7-26-11-21-10-23-26/h1-2,5,8,10-11,14H,3,6-7,9H2,(H,22,29)/t14-/m0/s1. The van der Waals surface area contributed by atoms with Gasteiger partial charge in [-0.1, -0.05) is 5.21 Å². The second-order valence-corrected chi connectivity index (χ2v) is 6.64. The van der Waals surface area contributed by atoms with Crippen molar-refractivity contribution in [1.82, 2.24) is 35.1 Å². The van der Waals surface area contributed by atoms with Crippen LogP contribution in [0.5, 0.6) is 0 Å². The molecule has 4 rings (SSSR count). The van der Waals surface area contributed by atoms with Crippen molar-refractivity contribution in [3.8, 4) is 11.8 Å². The first kappa shape index (κ1) is 20.0. The van der Waals surface area contributed by atoms with Gasteiger partial charge in [0, 0.05) is 0 Å². The summed E-state index contributed by atoms with van der Waals surface area (Å²) in [5.74, 6) is -1.06. The average Bonchev–Trinajstić information content (AvgIpc) is 3.49. The minimum Gasteiger partial charge on any atom is -0.442 e. The van der Waals surface area contributed by atoms with E-state index in [1.807, 2.05) is 0 Å². The van der Waals surface area contributed by atoms with E-state index in [-0.39, 0.29) is 25.2 Å². The second kappa shape index (κ2) is 8.57. The van der Waals surface area contributed by atoms with Gasteiger partial charge in [-0.05, 0) is 18.2 Å². The van der Waals surface area contributed by atoms with Crippen molar-refractivity contribution in [2.24, 2.45) is 0 Å². The molecule has 1 fully saturated rings. The molecule has 13 heteroatoms. The molecule has 1 aromatic carbocycles. The Morgan fingerprint density at radius 2 is 2.29 bits per heavy atom. The van der Waals surface area contributed by atoms with E-state index in [1.165, 1.54) is 34.4 Å². The fourth-order valence-corrected chi connectivity index (χ4v) is 3.02. The predicted molar refractivity (Wildman–Crippen MR) is 101 cm³/mol. The number of ether oxygens (including phenoxy) is 1. The first-order valence-corrected chi connectivity index (χ1v) is 9.19. The molecule has 0 saturated carbocycles. The number of nitrogens with zero attached hydrogens (tertiary/aromatic N) is 8. The van der Waals surface area contributed by atoms with E-state index in [4.69, 9.17) is 10.00 Å². The summed E-state index contributed by atoms with van der Waals surface area (Å²) in [7, 11) is 0. The highest BCUT2D eigenvalue weighted by molar-refractivity contribution is 5.90. The molecule has 0 bridgehead atoms. The van der Waals surface area contributed by atoms with Crippen LogP contribution in [0.15, 0.2) is 37.1 Å². The minimum absolute atomic E-state index is 0.0663. The summed E-state index contributed by atoms with van der Waals surface area (Å²) in [6.45, 7) is 0.540. The fraction of sp³-hybridized carbons (Fsp3) is 0.278. The summed E-state index contributed by atoms with van der Waals surface area (Å²) in [5.41, 5.74) is 1.03. The van der Waals surface area contributed by atoms with E-state index in [2.05, 4.69) is 25.7 Å². The molecule has 0 aliphatic carbocycles. The van der Waals surface area contributed by atoms with Gasteiger partial charge in [-0.15, -0.1) is 5.10 Å². The Bertz CT molecular complexity index is 1140. The highest BCUT2D eigenvalue weighted by Gasteiger charge is 2.33. The molecule has 0 spiro atoms. The lowest BCUT2D eigenvalue weighted by Crippen LogP contribution is -2.34. The predicted octanol–water partition coefficient (Wildman–Crippen LogP) is 0.401. The van der Waals surface area contributed by atoms with Crippen LogP contribution < -0.4 is 10.2 Å². The molecule has 31 heavy (non-hydrogen) atoms. The zero-order valence-corrected chi connectivity index (χ0v) is 16.1. The Morgan fingerprint density at radius 3 is 3.03 bits per heavy atom. The first-order valence-electron chi connectivity index (χ1n) is 9.19. The van der Waals surface area contributed by atoms with Gasteiger partial charge in [-0.3, -0.25) is 9.69 Å². The van der Waals surface area contributed by atoms with Crippen LogP contribution in [0.2, 0.25) is 0 Å². The van der Waals surface area contributed by atoms with Crippen LogP contribution in [0, 0.1) is 17.1 Å². The second-order valence-electron chi connectivity index (χ2n) is 6.64. The fourth-order valence-electron chi connectivity index (χ4n) is 3.02. The molecule has 2 amide bonds. The van der Waals surface area contributed by atoms with Gasteiger partial charge in [-0.2, -0.15) is 10.4 Å². The summed E-state index contributed by atoms with van der Waals surface area (Å²) in [5, 5.41) is 22.9. The molecule has 1 aliphatic rings. The zero-order valence-electron chi connectivity index (χ0n) is 16.1. The van der Waals surface area contributed by atoms with Gasteiger partial charge in [0.1, 0.15) is 36.6 Å². The van der Waals surface area contributed by atoms with Gasteiger partial charge in [0.2, 0.25) is 5.91 Å². The number of carbonyl (C=O) groups is 2. The Kier molecular flexibility index (Phi) is 5.52. The number of nitrogens with one attached hydrogen (secondary N) is 1. The van der Waals surface area contributed by atoms with Crippen molar-refractivity contribution >= 4 is 17.7 Å². The summed E-state index contributed by atoms with van der Waals surface area (Å²) in [6, 6.07) is 5.98. The highest BCUT2D eigenvalue weighted by atomic mass is 19.1. The van der Waals surface area contributed by atoms with E-state index >= 15 is 0 Å². The summed E-state index contributed by atoms with van der Waals surface area (Å²) < 4.78 is 22.8. The molecular formula is C18H16FN9O3. The smallest absolute Gasteiger partial charge is 0.414 e. The molecule has 1 saturated heterocycles. The number of hydrogen-bond donors (Lipinski definition) is 1. The van der Waals surface area contributed by atoms with Crippen LogP contribution in [-0.4, -0.2) is 61.0 Å². The number of nitriles is 1. The molecule has 3 heterocycles. The van der Waals surface area contributed by atoms with Crippen LogP contribution in [0.3, 0.4) is 0 Å². The molecule has 1 N–H and O–H groups in total. The molecule has 0 radical (unpaired) electrons. The topological polar surface area (TPSA) is 144 Å². The van der Waals surface area contributed by atoms with Crippen molar-refractivity contribution in [2.75, 3.05) is 18.0 Å². The molecule has 12 nitrogen and oxygen atoms in total. The van der Waals surface area contributed by atoms with E-state index in [9.17, 15) is 14.0 Å². The summed E-state index contributed by atoms with van der Waals surface area (Å²) in [4.78, 5) is 28.6. The van der Waals surface area contributed by atoms with Crippen molar-refractivity contribution in [3.05, 3.63) is 48.6 Å². The lowest BCUT2D eigenvalue weighted by atomic mass is 10.2. The van der Waals surface area contributed by atoms with Crippen molar-refractivity contribution in [3.63, 3.8) is 0 Å². The number of benzene rings is 1. The normalized spacial score (nSPS) is 15.5. The van der Waals surface area contributed by atoms with Crippen LogP contribution in [0.25, 0.3) is 5.69 Å². The van der Waals surface area contributed by atoms with E-state index in [1.54, 1.807) is 23.0 Å². The molecule has 1 aliphatic heterocycles. The van der Waals surface area contributed by atoms with Gasteiger partial charge in [-0.25, -0.2) is 23.5 Å². The quantitative estimate of drug-likeness (QED) is 0.573. The third kappa shape index (κ3) is 4.47.